The minimum Gasteiger partial charge on any atom is -0.358 e. The lowest BCUT2D eigenvalue weighted by Crippen LogP contribution is -1.97. The molecule has 3 heteroatoms. The molecule has 2 rings (SSSR count). The molecule has 2 unspecified atom stereocenters. The Bertz CT molecular complexity index is 267. The first-order valence-corrected chi connectivity index (χ1v) is 4.66. The second-order valence-corrected chi connectivity index (χ2v) is 3.97. The molecule has 0 spiro atoms. The van der Waals surface area contributed by atoms with Crippen molar-refractivity contribution >= 4 is 10.8 Å². The molecular weight excluding hydrogens is 160 g/mol. The minimum atomic E-state index is -0.946. The summed E-state index contributed by atoms with van der Waals surface area (Å²) in [6, 6.07) is 9.40. The summed E-state index contributed by atoms with van der Waals surface area (Å²) in [4.78, 5) is 0.856. The molecule has 1 heterocycles. The van der Waals surface area contributed by atoms with E-state index in [0.29, 0.717) is 6.61 Å². The molecule has 0 aliphatic carbocycles. The Kier molecular flexibility index (Phi) is 1.75. The highest BCUT2D eigenvalue weighted by molar-refractivity contribution is 7.85. The average Bonchev–Trinajstić information content (AvgIpc) is 2.87. The van der Waals surface area contributed by atoms with Gasteiger partial charge in [0.1, 0.15) is 0 Å². The van der Waals surface area contributed by atoms with Gasteiger partial charge in [-0.15, -0.1) is 0 Å². The molecule has 1 aromatic rings. The summed E-state index contributed by atoms with van der Waals surface area (Å²) in [5.41, 5.74) is -0.0441. The second-order valence-electron chi connectivity index (χ2n) is 2.37. The van der Waals surface area contributed by atoms with Gasteiger partial charge in [0.2, 0.25) is 0 Å². The summed E-state index contributed by atoms with van der Waals surface area (Å²) >= 11 is 0. The van der Waals surface area contributed by atoms with E-state index in [4.69, 9.17) is 4.74 Å². The molecule has 1 aromatic carbocycles. The Morgan fingerprint density at radius 2 is 2.00 bits per heavy atom. The summed E-state index contributed by atoms with van der Waals surface area (Å²) in [7, 11) is -0.946. The predicted molar refractivity (Wildman–Crippen MR) is 42.6 cm³/mol. The lowest BCUT2D eigenvalue weighted by Gasteiger charge is -1.95. The summed E-state index contributed by atoms with van der Waals surface area (Å²) in [6.45, 7) is 0.640. The van der Waals surface area contributed by atoms with Crippen LogP contribution in [0.5, 0.6) is 0 Å². The van der Waals surface area contributed by atoms with Crippen molar-refractivity contribution in [3.8, 4) is 0 Å². The zero-order valence-corrected chi connectivity index (χ0v) is 6.71. The Morgan fingerprint density at radius 3 is 2.55 bits per heavy atom. The molecule has 0 N–H and O–H groups in total. The standard InChI is InChI=1S/C8H8O2S/c9-11(8-6-10-8)7-4-2-1-3-5-7/h1-5,8H,6H2. The molecular formula is C8H8O2S. The normalized spacial score (nSPS) is 24.5. The van der Waals surface area contributed by atoms with Gasteiger partial charge >= 0.3 is 0 Å². The van der Waals surface area contributed by atoms with Crippen LogP contribution in [-0.4, -0.2) is 16.3 Å². The Labute approximate surface area is 67.6 Å². The fourth-order valence-electron chi connectivity index (χ4n) is 0.869. The summed E-state index contributed by atoms with van der Waals surface area (Å²) in [5.74, 6) is 0. The molecule has 2 atom stereocenters. The fraction of sp³-hybridized carbons (Fsp3) is 0.250. The van der Waals surface area contributed by atoms with E-state index in [1.165, 1.54) is 0 Å². The minimum absolute atomic E-state index is 0.0441. The van der Waals surface area contributed by atoms with Crippen molar-refractivity contribution in [3.63, 3.8) is 0 Å². The van der Waals surface area contributed by atoms with Crippen LogP contribution in [0.15, 0.2) is 35.2 Å². The van der Waals surface area contributed by atoms with Crippen molar-refractivity contribution in [1.29, 1.82) is 0 Å². The van der Waals surface area contributed by atoms with Crippen molar-refractivity contribution in [2.24, 2.45) is 0 Å². The molecule has 2 nitrogen and oxygen atoms in total. The highest BCUT2D eigenvalue weighted by atomic mass is 32.2. The van der Waals surface area contributed by atoms with E-state index in [-0.39, 0.29) is 5.44 Å². The first-order valence-electron chi connectivity index (χ1n) is 3.45. The Balaban J connectivity index is 2.22. The van der Waals surface area contributed by atoms with E-state index in [2.05, 4.69) is 0 Å². The quantitative estimate of drug-likeness (QED) is 0.620. The van der Waals surface area contributed by atoms with Gasteiger partial charge in [-0.2, -0.15) is 0 Å². The lowest BCUT2D eigenvalue weighted by atomic mass is 10.4. The van der Waals surface area contributed by atoms with Crippen LogP contribution in [0, 0.1) is 0 Å². The zero-order chi connectivity index (χ0) is 7.68. The van der Waals surface area contributed by atoms with E-state index in [0.717, 1.165) is 4.90 Å². The number of rotatable bonds is 2. The average molecular weight is 168 g/mol. The number of hydrogen-bond acceptors (Lipinski definition) is 2. The van der Waals surface area contributed by atoms with Crippen molar-refractivity contribution in [1.82, 2.24) is 0 Å². The zero-order valence-electron chi connectivity index (χ0n) is 5.90. The Hall–Kier alpha value is -0.670. The smallest absolute Gasteiger partial charge is 0.160 e. The highest BCUT2D eigenvalue weighted by Gasteiger charge is 2.30. The van der Waals surface area contributed by atoms with Crippen molar-refractivity contribution in [2.45, 2.75) is 10.3 Å². The van der Waals surface area contributed by atoms with Gasteiger partial charge in [0.25, 0.3) is 0 Å². The molecule has 0 saturated carbocycles. The lowest BCUT2D eigenvalue weighted by molar-refractivity contribution is 0.454. The molecule has 0 aromatic heterocycles. The van der Waals surface area contributed by atoms with Gasteiger partial charge in [0, 0.05) is 4.90 Å². The van der Waals surface area contributed by atoms with Crippen LogP contribution in [0.1, 0.15) is 0 Å². The van der Waals surface area contributed by atoms with Crippen molar-refractivity contribution in [2.75, 3.05) is 6.61 Å². The van der Waals surface area contributed by atoms with Gasteiger partial charge in [-0.25, -0.2) is 0 Å². The van der Waals surface area contributed by atoms with Gasteiger partial charge in [-0.05, 0) is 12.1 Å². The van der Waals surface area contributed by atoms with Gasteiger partial charge in [0.15, 0.2) is 5.44 Å². The maximum absolute atomic E-state index is 11.4. The maximum atomic E-state index is 11.4. The summed E-state index contributed by atoms with van der Waals surface area (Å²) in [5, 5.41) is 0. The molecule has 1 aliphatic heterocycles. The monoisotopic (exact) mass is 168 g/mol. The molecule has 11 heavy (non-hydrogen) atoms. The highest BCUT2D eigenvalue weighted by Crippen LogP contribution is 2.20. The molecule has 1 aliphatic rings. The SMILES string of the molecule is O=S(c1ccccc1)C1CO1. The number of benzene rings is 1. The van der Waals surface area contributed by atoms with Gasteiger partial charge < -0.3 is 4.74 Å². The van der Waals surface area contributed by atoms with Crippen LogP contribution in [0.2, 0.25) is 0 Å². The third kappa shape index (κ3) is 1.49. The number of ether oxygens (including phenoxy) is 1. The number of hydrogen-bond donors (Lipinski definition) is 0. The van der Waals surface area contributed by atoms with E-state index in [1.807, 2.05) is 30.3 Å². The summed E-state index contributed by atoms with van der Waals surface area (Å²) < 4.78 is 16.3. The van der Waals surface area contributed by atoms with Crippen LogP contribution in [-0.2, 0) is 15.5 Å². The van der Waals surface area contributed by atoms with Gasteiger partial charge in [-0.1, -0.05) is 18.2 Å². The van der Waals surface area contributed by atoms with Crippen molar-refractivity contribution in [3.05, 3.63) is 30.3 Å². The van der Waals surface area contributed by atoms with Crippen LogP contribution >= 0.6 is 0 Å². The number of epoxide rings is 1. The fourth-order valence-corrected chi connectivity index (χ4v) is 1.92. The largest absolute Gasteiger partial charge is 0.358 e. The van der Waals surface area contributed by atoms with E-state index in [1.54, 1.807) is 0 Å². The van der Waals surface area contributed by atoms with Gasteiger partial charge in [-0.3, -0.25) is 4.21 Å². The Morgan fingerprint density at radius 1 is 1.36 bits per heavy atom. The first-order chi connectivity index (χ1) is 5.38. The molecule has 0 amide bonds. The second kappa shape index (κ2) is 2.75. The van der Waals surface area contributed by atoms with E-state index >= 15 is 0 Å². The molecule has 1 fully saturated rings. The van der Waals surface area contributed by atoms with Crippen molar-refractivity contribution < 1.29 is 8.95 Å². The third-order valence-corrected chi connectivity index (χ3v) is 3.00. The van der Waals surface area contributed by atoms with Crippen LogP contribution in [0.25, 0.3) is 0 Å². The molecule has 0 radical (unpaired) electrons. The molecule has 58 valence electrons. The van der Waals surface area contributed by atoms with Crippen LogP contribution in [0.3, 0.4) is 0 Å². The third-order valence-electron chi connectivity index (χ3n) is 1.52. The topological polar surface area (TPSA) is 29.6 Å². The van der Waals surface area contributed by atoms with E-state index < -0.39 is 10.8 Å². The molecule has 0 bridgehead atoms. The van der Waals surface area contributed by atoms with Crippen LogP contribution < -0.4 is 0 Å². The molecule has 1 saturated heterocycles. The maximum Gasteiger partial charge on any atom is 0.160 e. The first kappa shape index (κ1) is 7.00. The van der Waals surface area contributed by atoms with Crippen LogP contribution in [0.4, 0.5) is 0 Å². The predicted octanol–water partition coefficient (Wildman–Crippen LogP) is 1.15. The summed E-state index contributed by atoms with van der Waals surface area (Å²) in [6.07, 6.45) is 0. The van der Waals surface area contributed by atoms with Gasteiger partial charge in [0.05, 0.1) is 17.4 Å². The van der Waals surface area contributed by atoms with E-state index in [9.17, 15) is 4.21 Å².